The number of hydrogen-bond acceptors (Lipinski definition) is 3. The van der Waals surface area contributed by atoms with Gasteiger partial charge in [-0.05, 0) is 19.8 Å². The van der Waals surface area contributed by atoms with Crippen LogP contribution in [0.3, 0.4) is 0 Å². The van der Waals surface area contributed by atoms with Crippen LogP contribution in [-0.2, 0) is 9.59 Å². The van der Waals surface area contributed by atoms with Crippen molar-refractivity contribution in [1.82, 2.24) is 10.2 Å². The van der Waals surface area contributed by atoms with Crippen molar-refractivity contribution in [2.45, 2.75) is 25.8 Å². The molecule has 0 aromatic rings. The Kier molecular flexibility index (Phi) is 3.85. The number of aliphatic carboxylic acids is 1. The molecule has 0 aromatic heterocycles. The molecule has 84 valence electrons. The number of carbonyl (C=O) groups excluding carboxylic acids is 1. The van der Waals surface area contributed by atoms with Crippen molar-refractivity contribution in [2.75, 3.05) is 13.2 Å². The second-order valence-electron chi connectivity index (χ2n) is 3.75. The second kappa shape index (κ2) is 4.93. The van der Waals surface area contributed by atoms with Crippen molar-refractivity contribution in [3.63, 3.8) is 0 Å². The average molecular weight is 212 g/mol. The first-order chi connectivity index (χ1) is 7.02. The fourth-order valence-electron chi connectivity index (χ4n) is 1.62. The van der Waals surface area contributed by atoms with E-state index in [2.05, 4.69) is 11.9 Å². The summed E-state index contributed by atoms with van der Waals surface area (Å²) in [6, 6.07) is -0.463. The smallest absolute Gasteiger partial charge is 0.320 e. The maximum Gasteiger partial charge on any atom is 0.320 e. The first-order valence-corrected chi connectivity index (χ1v) is 4.93. The standard InChI is InChI=1S/C10H16N2O3/c1-7(2)9(13)11-6-12-5-3-4-8(12)10(14)15/h8H,1,3-6H2,2H3,(H,11,13)(H,14,15)/t8-/m0/s1. The molecule has 0 radical (unpaired) electrons. The second-order valence-corrected chi connectivity index (χ2v) is 3.75. The van der Waals surface area contributed by atoms with Crippen molar-refractivity contribution < 1.29 is 14.7 Å². The normalized spacial score (nSPS) is 21.3. The van der Waals surface area contributed by atoms with Crippen molar-refractivity contribution >= 4 is 11.9 Å². The lowest BCUT2D eigenvalue weighted by molar-refractivity contribution is -0.142. The Labute approximate surface area is 88.8 Å². The first kappa shape index (κ1) is 11.7. The monoisotopic (exact) mass is 212 g/mol. The number of nitrogens with one attached hydrogen (secondary N) is 1. The first-order valence-electron chi connectivity index (χ1n) is 4.93. The van der Waals surface area contributed by atoms with Crippen LogP contribution < -0.4 is 5.32 Å². The SMILES string of the molecule is C=C(C)C(=O)NCN1CCC[C@H]1C(=O)O. The molecule has 1 aliphatic heterocycles. The molecule has 1 saturated heterocycles. The van der Waals surface area contributed by atoms with Gasteiger partial charge >= 0.3 is 5.97 Å². The van der Waals surface area contributed by atoms with Crippen LogP contribution in [0.1, 0.15) is 19.8 Å². The van der Waals surface area contributed by atoms with E-state index in [9.17, 15) is 9.59 Å². The largest absolute Gasteiger partial charge is 0.480 e. The summed E-state index contributed by atoms with van der Waals surface area (Å²) in [7, 11) is 0. The van der Waals surface area contributed by atoms with Gasteiger partial charge in [0.2, 0.25) is 5.91 Å². The third-order valence-corrected chi connectivity index (χ3v) is 2.48. The Morgan fingerprint density at radius 2 is 2.27 bits per heavy atom. The van der Waals surface area contributed by atoms with Gasteiger partial charge in [-0.2, -0.15) is 0 Å². The van der Waals surface area contributed by atoms with Gasteiger partial charge < -0.3 is 10.4 Å². The molecule has 5 heteroatoms. The molecule has 1 heterocycles. The Bertz CT molecular complexity index is 288. The molecular weight excluding hydrogens is 196 g/mol. The summed E-state index contributed by atoms with van der Waals surface area (Å²) < 4.78 is 0. The number of carboxylic acid groups (broad SMARTS) is 1. The number of hydrogen-bond donors (Lipinski definition) is 2. The molecule has 0 aliphatic carbocycles. The van der Waals surface area contributed by atoms with Crippen molar-refractivity contribution in [3.8, 4) is 0 Å². The molecule has 5 nitrogen and oxygen atoms in total. The van der Waals surface area contributed by atoms with E-state index in [0.717, 1.165) is 6.42 Å². The minimum Gasteiger partial charge on any atom is -0.480 e. The molecule has 0 bridgehead atoms. The van der Waals surface area contributed by atoms with Gasteiger partial charge in [-0.1, -0.05) is 6.58 Å². The van der Waals surface area contributed by atoms with Crippen LogP contribution in [0.25, 0.3) is 0 Å². The highest BCUT2D eigenvalue weighted by atomic mass is 16.4. The lowest BCUT2D eigenvalue weighted by Gasteiger charge is -2.21. The van der Waals surface area contributed by atoms with Gasteiger partial charge in [-0.3, -0.25) is 14.5 Å². The third kappa shape index (κ3) is 3.06. The summed E-state index contributed by atoms with van der Waals surface area (Å²) in [5.74, 6) is -1.05. The van der Waals surface area contributed by atoms with Crippen LogP contribution in [0.5, 0.6) is 0 Å². The van der Waals surface area contributed by atoms with Gasteiger partial charge in [-0.15, -0.1) is 0 Å². The molecule has 1 fully saturated rings. The number of amides is 1. The van der Waals surface area contributed by atoms with Crippen LogP contribution >= 0.6 is 0 Å². The number of carboxylic acids is 1. The van der Waals surface area contributed by atoms with E-state index in [0.29, 0.717) is 18.5 Å². The van der Waals surface area contributed by atoms with Crippen molar-refractivity contribution in [2.24, 2.45) is 0 Å². The quantitative estimate of drug-likeness (QED) is 0.652. The van der Waals surface area contributed by atoms with Gasteiger partial charge in [0, 0.05) is 12.1 Å². The fraction of sp³-hybridized carbons (Fsp3) is 0.600. The number of carbonyl (C=O) groups is 2. The topological polar surface area (TPSA) is 69.6 Å². The molecule has 0 unspecified atom stereocenters. The summed E-state index contributed by atoms with van der Waals surface area (Å²) in [6.45, 7) is 6.12. The minimum absolute atomic E-state index is 0.231. The van der Waals surface area contributed by atoms with Gasteiger partial charge in [-0.25, -0.2) is 0 Å². The lowest BCUT2D eigenvalue weighted by Crippen LogP contribution is -2.43. The molecule has 0 aromatic carbocycles. The third-order valence-electron chi connectivity index (χ3n) is 2.48. The Hall–Kier alpha value is -1.36. The predicted octanol–water partition coefficient (Wildman–Crippen LogP) is 0.185. The van der Waals surface area contributed by atoms with Crippen LogP contribution in [0.15, 0.2) is 12.2 Å². The Morgan fingerprint density at radius 1 is 1.60 bits per heavy atom. The summed E-state index contributed by atoms with van der Waals surface area (Å²) in [6.07, 6.45) is 1.51. The summed E-state index contributed by atoms with van der Waals surface area (Å²) in [5.41, 5.74) is 0.432. The summed E-state index contributed by atoms with van der Waals surface area (Å²) in [4.78, 5) is 23.8. The van der Waals surface area contributed by atoms with Crippen molar-refractivity contribution in [3.05, 3.63) is 12.2 Å². The lowest BCUT2D eigenvalue weighted by atomic mass is 10.2. The van der Waals surface area contributed by atoms with E-state index in [1.54, 1.807) is 11.8 Å². The van der Waals surface area contributed by atoms with Crippen LogP contribution in [0, 0.1) is 0 Å². The van der Waals surface area contributed by atoms with E-state index in [4.69, 9.17) is 5.11 Å². The number of rotatable bonds is 4. The van der Waals surface area contributed by atoms with E-state index >= 15 is 0 Å². The maximum atomic E-state index is 11.2. The van der Waals surface area contributed by atoms with Gasteiger partial charge in [0.05, 0.1) is 6.67 Å². The van der Waals surface area contributed by atoms with Gasteiger partial charge in [0.1, 0.15) is 6.04 Å². The highest BCUT2D eigenvalue weighted by Gasteiger charge is 2.30. The molecule has 15 heavy (non-hydrogen) atoms. The molecule has 2 N–H and O–H groups in total. The van der Waals surface area contributed by atoms with E-state index in [1.807, 2.05) is 0 Å². The molecule has 0 saturated carbocycles. The molecule has 0 spiro atoms. The minimum atomic E-state index is -0.822. The van der Waals surface area contributed by atoms with Crippen LogP contribution in [0.4, 0.5) is 0 Å². The summed E-state index contributed by atoms with van der Waals surface area (Å²) >= 11 is 0. The van der Waals surface area contributed by atoms with Crippen LogP contribution in [-0.4, -0.2) is 41.1 Å². The van der Waals surface area contributed by atoms with Crippen molar-refractivity contribution in [1.29, 1.82) is 0 Å². The Morgan fingerprint density at radius 3 is 2.80 bits per heavy atom. The van der Waals surface area contributed by atoms with Crippen LogP contribution in [0.2, 0.25) is 0 Å². The highest BCUT2D eigenvalue weighted by Crippen LogP contribution is 2.15. The highest BCUT2D eigenvalue weighted by molar-refractivity contribution is 5.92. The zero-order valence-corrected chi connectivity index (χ0v) is 8.82. The average Bonchev–Trinajstić information content (AvgIpc) is 2.61. The molecular formula is C10H16N2O3. The fourth-order valence-corrected chi connectivity index (χ4v) is 1.62. The zero-order chi connectivity index (χ0) is 11.4. The van der Waals surface area contributed by atoms with E-state index in [-0.39, 0.29) is 12.6 Å². The molecule has 1 rings (SSSR count). The molecule has 1 atom stereocenters. The molecule has 1 amide bonds. The summed E-state index contributed by atoms with van der Waals surface area (Å²) in [5, 5.41) is 11.5. The molecule has 1 aliphatic rings. The predicted molar refractivity (Wildman–Crippen MR) is 55.2 cm³/mol. The van der Waals surface area contributed by atoms with E-state index < -0.39 is 12.0 Å². The zero-order valence-electron chi connectivity index (χ0n) is 8.82. The van der Waals surface area contributed by atoms with Gasteiger partial charge in [0.15, 0.2) is 0 Å². The van der Waals surface area contributed by atoms with Gasteiger partial charge in [0.25, 0.3) is 0 Å². The number of nitrogens with zero attached hydrogens (tertiary/aromatic N) is 1. The number of likely N-dealkylation sites (tertiary alicyclic amines) is 1. The Balaban J connectivity index is 2.41. The maximum absolute atomic E-state index is 11.2. The van der Waals surface area contributed by atoms with E-state index in [1.165, 1.54) is 0 Å².